The predicted octanol–water partition coefficient (Wildman–Crippen LogP) is -1.44. The normalized spacial score (nSPS) is 7.40. The zero-order chi connectivity index (χ0) is 8.41. The van der Waals surface area contributed by atoms with Crippen LogP contribution in [0.4, 0.5) is 0 Å². The molecule has 10 heavy (non-hydrogen) atoms. The molecular formula is C5H11NO4. The SMILES string of the molecule is C=CC(N)=O.OCOCO. The highest BCUT2D eigenvalue weighted by atomic mass is 16.6. The van der Waals surface area contributed by atoms with Gasteiger partial charge in [-0.3, -0.25) is 4.79 Å². The molecule has 0 aliphatic heterocycles. The smallest absolute Gasteiger partial charge is 0.240 e. The summed E-state index contributed by atoms with van der Waals surface area (Å²) < 4.78 is 3.94. The van der Waals surface area contributed by atoms with E-state index in [-0.39, 0.29) is 0 Å². The Bertz CT molecular complexity index is 91.6. The summed E-state index contributed by atoms with van der Waals surface area (Å²) in [5, 5.41) is 15.4. The third-order valence-electron chi connectivity index (χ3n) is 0.384. The Hall–Kier alpha value is -0.910. The average molecular weight is 149 g/mol. The van der Waals surface area contributed by atoms with Crippen LogP contribution in [0.1, 0.15) is 0 Å². The molecule has 0 atom stereocenters. The van der Waals surface area contributed by atoms with Gasteiger partial charge in [-0.15, -0.1) is 0 Å². The van der Waals surface area contributed by atoms with Crippen molar-refractivity contribution < 1.29 is 19.7 Å². The fraction of sp³-hybridized carbons (Fsp3) is 0.400. The van der Waals surface area contributed by atoms with Crippen molar-refractivity contribution in [3.63, 3.8) is 0 Å². The molecular weight excluding hydrogens is 138 g/mol. The summed E-state index contributed by atoms with van der Waals surface area (Å²) >= 11 is 0. The summed E-state index contributed by atoms with van der Waals surface area (Å²) in [7, 11) is 0. The second-order valence-electron chi connectivity index (χ2n) is 1.07. The molecule has 0 aromatic rings. The van der Waals surface area contributed by atoms with Crippen molar-refractivity contribution in [2.24, 2.45) is 5.73 Å². The van der Waals surface area contributed by atoms with E-state index in [0.29, 0.717) is 0 Å². The number of hydrogen-bond acceptors (Lipinski definition) is 4. The molecule has 0 aliphatic rings. The van der Waals surface area contributed by atoms with Gasteiger partial charge in [0.05, 0.1) is 0 Å². The highest BCUT2D eigenvalue weighted by molar-refractivity contribution is 5.84. The minimum Gasteiger partial charge on any atom is -0.371 e. The van der Waals surface area contributed by atoms with E-state index in [1.54, 1.807) is 0 Å². The maximum absolute atomic E-state index is 9.47. The van der Waals surface area contributed by atoms with Crippen molar-refractivity contribution in [1.29, 1.82) is 0 Å². The Morgan fingerprint density at radius 1 is 1.60 bits per heavy atom. The topological polar surface area (TPSA) is 92.8 Å². The summed E-state index contributed by atoms with van der Waals surface area (Å²) in [5.74, 6) is -0.481. The molecule has 0 saturated carbocycles. The van der Waals surface area contributed by atoms with Gasteiger partial charge in [0.2, 0.25) is 5.91 Å². The fourth-order valence-electron chi connectivity index (χ4n) is 0.0408. The molecule has 0 aromatic heterocycles. The standard InChI is InChI=1S/C3H5NO.C2H6O3/c1-2-3(4)5;3-1-5-2-4/h2H,1H2,(H2,4,5);3-4H,1-2H2. The van der Waals surface area contributed by atoms with Crippen LogP contribution >= 0.6 is 0 Å². The highest BCUT2D eigenvalue weighted by Gasteiger charge is 1.69. The van der Waals surface area contributed by atoms with Crippen LogP contribution in [0.5, 0.6) is 0 Å². The van der Waals surface area contributed by atoms with Gasteiger partial charge in [0.15, 0.2) is 0 Å². The van der Waals surface area contributed by atoms with Crippen LogP contribution in [0.15, 0.2) is 12.7 Å². The summed E-state index contributed by atoms with van der Waals surface area (Å²) in [6, 6.07) is 0. The Kier molecular flexibility index (Phi) is 13.0. The van der Waals surface area contributed by atoms with Crippen molar-refractivity contribution in [3.8, 4) is 0 Å². The molecule has 0 aliphatic carbocycles. The van der Waals surface area contributed by atoms with Crippen molar-refractivity contribution in [1.82, 2.24) is 0 Å². The third kappa shape index (κ3) is 27.5. The Labute approximate surface area is 58.7 Å². The lowest BCUT2D eigenvalue weighted by Crippen LogP contribution is -2.04. The van der Waals surface area contributed by atoms with Crippen LogP contribution in [0.2, 0.25) is 0 Å². The lowest BCUT2D eigenvalue weighted by molar-refractivity contribution is -0.113. The van der Waals surface area contributed by atoms with Crippen LogP contribution in [-0.2, 0) is 9.53 Å². The van der Waals surface area contributed by atoms with Crippen LogP contribution < -0.4 is 5.73 Å². The van der Waals surface area contributed by atoms with E-state index in [4.69, 9.17) is 10.2 Å². The van der Waals surface area contributed by atoms with Gasteiger partial charge in [0, 0.05) is 0 Å². The van der Waals surface area contributed by atoms with Gasteiger partial charge in [-0.05, 0) is 6.08 Å². The van der Waals surface area contributed by atoms with Crippen LogP contribution in [-0.4, -0.2) is 29.7 Å². The predicted molar refractivity (Wildman–Crippen MR) is 34.6 cm³/mol. The fourth-order valence-corrected chi connectivity index (χ4v) is 0.0408. The first-order valence-electron chi connectivity index (χ1n) is 2.40. The van der Waals surface area contributed by atoms with Crippen LogP contribution in [0.3, 0.4) is 0 Å². The van der Waals surface area contributed by atoms with Gasteiger partial charge in [-0.25, -0.2) is 0 Å². The zero-order valence-corrected chi connectivity index (χ0v) is 5.49. The van der Waals surface area contributed by atoms with E-state index < -0.39 is 19.5 Å². The number of nitrogens with two attached hydrogens (primary N) is 1. The molecule has 0 rings (SSSR count). The van der Waals surface area contributed by atoms with Gasteiger partial charge >= 0.3 is 0 Å². The minimum atomic E-state index is -0.481. The van der Waals surface area contributed by atoms with Gasteiger partial charge in [-0.2, -0.15) is 0 Å². The summed E-state index contributed by atoms with van der Waals surface area (Å²) in [4.78, 5) is 9.47. The molecule has 0 radical (unpaired) electrons. The molecule has 5 nitrogen and oxygen atoms in total. The first kappa shape index (κ1) is 11.8. The lowest BCUT2D eigenvalue weighted by atomic mass is 10.6. The Morgan fingerprint density at radius 3 is 1.90 bits per heavy atom. The van der Waals surface area contributed by atoms with E-state index in [1.807, 2.05) is 0 Å². The van der Waals surface area contributed by atoms with Crippen LogP contribution in [0, 0.1) is 0 Å². The number of aliphatic hydroxyl groups is 2. The quantitative estimate of drug-likeness (QED) is 0.338. The van der Waals surface area contributed by atoms with E-state index in [9.17, 15) is 4.79 Å². The zero-order valence-electron chi connectivity index (χ0n) is 5.49. The van der Waals surface area contributed by atoms with Crippen molar-refractivity contribution in [3.05, 3.63) is 12.7 Å². The second kappa shape index (κ2) is 11.0. The van der Waals surface area contributed by atoms with Gasteiger partial charge in [0.1, 0.15) is 13.6 Å². The molecule has 0 fully saturated rings. The van der Waals surface area contributed by atoms with Gasteiger partial charge in [0.25, 0.3) is 0 Å². The van der Waals surface area contributed by atoms with Gasteiger partial charge < -0.3 is 20.7 Å². The van der Waals surface area contributed by atoms with Crippen LogP contribution in [0.25, 0.3) is 0 Å². The third-order valence-corrected chi connectivity index (χ3v) is 0.384. The maximum atomic E-state index is 9.47. The summed E-state index contributed by atoms with van der Waals surface area (Å²) in [6.45, 7) is 2.27. The number of hydrogen-bond donors (Lipinski definition) is 3. The monoisotopic (exact) mass is 149 g/mol. The van der Waals surface area contributed by atoms with E-state index in [1.165, 1.54) is 0 Å². The van der Waals surface area contributed by atoms with Crippen molar-refractivity contribution in [2.45, 2.75) is 0 Å². The molecule has 0 bridgehead atoms. The number of amides is 1. The molecule has 0 heterocycles. The average Bonchev–Trinajstić information content (AvgIpc) is 1.91. The second-order valence-corrected chi connectivity index (χ2v) is 1.07. The molecule has 0 aromatic carbocycles. The number of rotatable bonds is 3. The molecule has 0 saturated heterocycles. The Morgan fingerprint density at radius 2 is 1.90 bits per heavy atom. The number of carbonyl (C=O) groups is 1. The molecule has 0 spiro atoms. The molecule has 5 heteroatoms. The molecule has 0 unspecified atom stereocenters. The largest absolute Gasteiger partial charge is 0.371 e. The van der Waals surface area contributed by atoms with Crippen molar-refractivity contribution in [2.75, 3.05) is 13.6 Å². The lowest BCUT2D eigenvalue weighted by Gasteiger charge is -1.85. The number of primary amides is 1. The maximum Gasteiger partial charge on any atom is 0.240 e. The van der Waals surface area contributed by atoms with Crippen molar-refractivity contribution >= 4 is 5.91 Å². The number of ether oxygens (including phenoxy) is 1. The van der Waals surface area contributed by atoms with Gasteiger partial charge in [-0.1, -0.05) is 6.58 Å². The molecule has 1 amide bonds. The number of aliphatic hydroxyl groups excluding tert-OH is 2. The first-order valence-corrected chi connectivity index (χ1v) is 2.40. The number of carbonyl (C=O) groups excluding carboxylic acids is 1. The highest BCUT2D eigenvalue weighted by Crippen LogP contribution is 1.56. The van der Waals surface area contributed by atoms with E-state index in [0.717, 1.165) is 6.08 Å². The summed E-state index contributed by atoms with van der Waals surface area (Å²) in [6.07, 6.45) is 1.06. The van der Waals surface area contributed by atoms with E-state index in [2.05, 4.69) is 17.0 Å². The Balaban J connectivity index is 0. The minimum absolute atomic E-state index is 0.406. The molecule has 60 valence electrons. The summed E-state index contributed by atoms with van der Waals surface area (Å²) in [5.41, 5.74) is 4.53. The first-order chi connectivity index (χ1) is 4.68. The molecule has 4 N–H and O–H groups in total. The van der Waals surface area contributed by atoms with E-state index >= 15 is 0 Å².